The average Bonchev–Trinajstić information content (AvgIpc) is 2.69. The molecule has 3 unspecified atom stereocenters. The maximum Gasteiger partial charge on any atom is 0.307 e. The number of carbonyl (C=O) groups excluding carboxylic acids is 2. The summed E-state index contributed by atoms with van der Waals surface area (Å²) in [6.07, 6.45) is 1.10. The van der Waals surface area contributed by atoms with Gasteiger partial charge >= 0.3 is 5.97 Å². The lowest BCUT2D eigenvalue weighted by Crippen LogP contribution is -2.44. The van der Waals surface area contributed by atoms with Crippen LogP contribution in [-0.2, 0) is 14.4 Å². The van der Waals surface area contributed by atoms with Gasteiger partial charge < -0.3 is 15.3 Å². The van der Waals surface area contributed by atoms with E-state index in [1.807, 2.05) is 20.8 Å². The fourth-order valence-electron chi connectivity index (χ4n) is 2.78. The fraction of sp³-hybridized carbons (Fsp3) is 0.786. The molecule has 3 atom stereocenters. The number of rotatable bonds is 5. The summed E-state index contributed by atoms with van der Waals surface area (Å²) < 4.78 is 0. The minimum absolute atomic E-state index is 0.0178. The molecule has 0 radical (unpaired) electrons. The maximum absolute atomic E-state index is 12.3. The van der Waals surface area contributed by atoms with Crippen molar-refractivity contribution in [2.75, 3.05) is 13.6 Å². The summed E-state index contributed by atoms with van der Waals surface area (Å²) in [5.41, 5.74) is 0. The number of aliphatic carboxylic acids is 1. The summed E-state index contributed by atoms with van der Waals surface area (Å²) >= 11 is 0. The van der Waals surface area contributed by atoms with Crippen LogP contribution in [0.25, 0.3) is 0 Å². The normalized spacial score (nSPS) is 25.6. The van der Waals surface area contributed by atoms with Crippen molar-refractivity contribution in [2.24, 2.45) is 17.8 Å². The molecule has 114 valence electrons. The van der Waals surface area contributed by atoms with E-state index in [-0.39, 0.29) is 30.3 Å². The number of likely N-dealkylation sites (N-methyl/N-ethyl adjacent to an activating group) is 1. The lowest BCUT2D eigenvalue weighted by molar-refractivity contribution is -0.149. The van der Waals surface area contributed by atoms with Gasteiger partial charge in [-0.3, -0.25) is 14.4 Å². The molecule has 0 bridgehead atoms. The van der Waals surface area contributed by atoms with Crippen molar-refractivity contribution in [1.29, 1.82) is 0 Å². The van der Waals surface area contributed by atoms with Gasteiger partial charge in [0.05, 0.1) is 18.4 Å². The molecule has 0 aromatic heterocycles. The SMILES string of the molecule is CC1CC(C(=O)O)C(C(=O)N(C)CC(=O)NC(C)C)C1. The number of carboxylic acid groups (broad SMARTS) is 1. The van der Waals surface area contributed by atoms with Crippen LogP contribution in [0.2, 0.25) is 0 Å². The Labute approximate surface area is 119 Å². The van der Waals surface area contributed by atoms with Gasteiger partial charge in [0.25, 0.3) is 0 Å². The van der Waals surface area contributed by atoms with Gasteiger partial charge in [-0.1, -0.05) is 6.92 Å². The van der Waals surface area contributed by atoms with Crippen LogP contribution >= 0.6 is 0 Å². The number of carboxylic acids is 1. The second kappa shape index (κ2) is 6.72. The van der Waals surface area contributed by atoms with Crippen molar-refractivity contribution in [3.63, 3.8) is 0 Å². The lowest BCUT2D eigenvalue weighted by Gasteiger charge is -2.23. The zero-order valence-electron chi connectivity index (χ0n) is 12.5. The number of hydrogen-bond acceptors (Lipinski definition) is 3. The van der Waals surface area contributed by atoms with Gasteiger partial charge in [-0.2, -0.15) is 0 Å². The Kier molecular flexibility index (Phi) is 5.53. The lowest BCUT2D eigenvalue weighted by atomic mass is 9.95. The molecule has 6 heteroatoms. The van der Waals surface area contributed by atoms with E-state index < -0.39 is 17.8 Å². The number of carbonyl (C=O) groups is 3. The molecule has 1 aliphatic rings. The van der Waals surface area contributed by atoms with E-state index in [0.29, 0.717) is 12.8 Å². The molecule has 0 heterocycles. The Bertz CT molecular complexity index is 395. The molecule has 0 aromatic carbocycles. The Morgan fingerprint density at radius 1 is 1.25 bits per heavy atom. The van der Waals surface area contributed by atoms with Crippen molar-refractivity contribution in [1.82, 2.24) is 10.2 Å². The molecule has 0 aromatic rings. The van der Waals surface area contributed by atoms with Crippen LogP contribution < -0.4 is 5.32 Å². The highest BCUT2D eigenvalue weighted by molar-refractivity contribution is 5.88. The molecular weight excluding hydrogens is 260 g/mol. The van der Waals surface area contributed by atoms with Crippen LogP contribution in [0.4, 0.5) is 0 Å². The highest BCUT2D eigenvalue weighted by Gasteiger charge is 2.42. The van der Waals surface area contributed by atoms with Gasteiger partial charge in [-0.15, -0.1) is 0 Å². The standard InChI is InChI=1S/C14H24N2O4/c1-8(2)15-12(17)7-16(4)13(18)10-5-9(3)6-11(10)14(19)20/h8-11H,5-7H2,1-4H3,(H,15,17)(H,19,20). The van der Waals surface area contributed by atoms with Crippen LogP contribution in [0.15, 0.2) is 0 Å². The summed E-state index contributed by atoms with van der Waals surface area (Å²) in [5, 5.41) is 11.9. The first-order chi connectivity index (χ1) is 9.22. The smallest absolute Gasteiger partial charge is 0.307 e. The van der Waals surface area contributed by atoms with Crippen molar-refractivity contribution < 1.29 is 19.5 Å². The second-order valence-corrected chi connectivity index (χ2v) is 6.04. The van der Waals surface area contributed by atoms with E-state index in [0.717, 1.165) is 0 Å². The molecule has 0 aliphatic heterocycles. The molecule has 20 heavy (non-hydrogen) atoms. The summed E-state index contributed by atoms with van der Waals surface area (Å²) in [6.45, 7) is 5.61. The third-order valence-electron chi connectivity index (χ3n) is 3.64. The van der Waals surface area contributed by atoms with Gasteiger partial charge in [-0.05, 0) is 32.6 Å². The first-order valence-electron chi connectivity index (χ1n) is 6.99. The van der Waals surface area contributed by atoms with Gasteiger partial charge in [0.1, 0.15) is 0 Å². The highest BCUT2D eigenvalue weighted by Crippen LogP contribution is 2.37. The molecule has 1 aliphatic carbocycles. The molecule has 1 fully saturated rings. The summed E-state index contributed by atoms with van der Waals surface area (Å²) in [4.78, 5) is 36.5. The molecule has 2 N–H and O–H groups in total. The predicted octanol–water partition coefficient (Wildman–Crippen LogP) is 0.716. The first-order valence-corrected chi connectivity index (χ1v) is 6.99. The quantitative estimate of drug-likeness (QED) is 0.778. The summed E-state index contributed by atoms with van der Waals surface area (Å²) in [7, 11) is 1.55. The number of nitrogens with zero attached hydrogens (tertiary/aromatic N) is 1. The minimum Gasteiger partial charge on any atom is -0.481 e. The van der Waals surface area contributed by atoms with Crippen LogP contribution in [0, 0.1) is 17.8 Å². The summed E-state index contributed by atoms with van der Waals surface area (Å²) in [6, 6.07) is 0.0178. The molecule has 0 spiro atoms. The average molecular weight is 284 g/mol. The van der Waals surface area contributed by atoms with Crippen LogP contribution in [0.5, 0.6) is 0 Å². The topological polar surface area (TPSA) is 86.7 Å². The molecule has 1 rings (SSSR count). The monoisotopic (exact) mass is 284 g/mol. The second-order valence-electron chi connectivity index (χ2n) is 6.04. The van der Waals surface area contributed by atoms with Crippen molar-refractivity contribution >= 4 is 17.8 Å². The van der Waals surface area contributed by atoms with E-state index in [9.17, 15) is 19.5 Å². The number of amides is 2. The Balaban J connectivity index is 2.64. The third-order valence-corrected chi connectivity index (χ3v) is 3.64. The van der Waals surface area contributed by atoms with Crippen LogP contribution in [0.1, 0.15) is 33.6 Å². The molecule has 2 amide bonds. The van der Waals surface area contributed by atoms with Gasteiger partial charge in [0.2, 0.25) is 11.8 Å². The van der Waals surface area contributed by atoms with Gasteiger partial charge in [0, 0.05) is 13.1 Å². The zero-order valence-corrected chi connectivity index (χ0v) is 12.5. The first kappa shape index (κ1) is 16.5. The highest BCUT2D eigenvalue weighted by atomic mass is 16.4. The summed E-state index contributed by atoms with van der Waals surface area (Å²) in [5.74, 6) is -2.32. The van der Waals surface area contributed by atoms with E-state index in [2.05, 4.69) is 5.32 Å². The van der Waals surface area contributed by atoms with Crippen molar-refractivity contribution in [3.05, 3.63) is 0 Å². The Morgan fingerprint density at radius 3 is 2.30 bits per heavy atom. The van der Waals surface area contributed by atoms with Crippen molar-refractivity contribution in [2.45, 2.75) is 39.7 Å². The molecule has 1 saturated carbocycles. The third kappa shape index (κ3) is 4.21. The van der Waals surface area contributed by atoms with E-state index in [4.69, 9.17) is 0 Å². The molecule has 0 saturated heterocycles. The molecule has 6 nitrogen and oxygen atoms in total. The Hall–Kier alpha value is -1.59. The maximum atomic E-state index is 12.3. The molecular formula is C14H24N2O4. The van der Waals surface area contributed by atoms with Crippen LogP contribution in [0.3, 0.4) is 0 Å². The predicted molar refractivity (Wildman–Crippen MR) is 73.9 cm³/mol. The zero-order chi connectivity index (χ0) is 15.4. The van der Waals surface area contributed by atoms with Gasteiger partial charge in [-0.25, -0.2) is 0 Å². The fourth-order valence-corrected chi connectivity index (χ4v) is 2.78. The number of nitrogens with one attached hydrogen (secondary N) is 1. The Morgan fingerprint density at radius 2 is 1.80 bits per heavy atom. The van der Waals surface area contributed by atoms with E-state index in [1.54, 1.807) is 7.05 Å². The van der Waals surface area contributed by atoms with E-state index in [1.165, 1.54) is 4.90 Å². The minimum atomic E-state index is -0.923. The number of hydrogen-bond donors (Lipinski definition) is 2. The van der Waals surface area contributed by atoms with Crippen LogP contribution in [-0.4, -0.2) is 47.4 Å². The van der Waals surface area contributed by atoms with Crippen molar-refractivity contribution in [3.8, 4) is 0 Å². The van der Waals surface area contributed by atoms with E-state index >= 15 is 0 Å². The largest absolute Gasteiger partial charge is 0.481 e. The van der Waals surface area contributed by atoms with Gasteiger partial charge in [0.15, 0.2) is 0 Å².